The van der Waals surface area contributed by atoms with E-state index in [1.807, 2.05) is 32.0 Å². The second-order valence-electron chi connectivity index (χ2n) is 9.75. The maximum absolute atomic E-state index is 13.9. The van der Waals surface area contributed by atoms with Crippen LogP contribution in [0.2, 0.25) is 0 Å². The minimum absolute atomic E-state index is 0.0586. The van der Waals surface area contributed by atoms with Gasteiger partial charge >= 0.3 is 6.03 Å². The van der Waals surface area contributed by atoms with Crippen LogP contribution in [0.1, 0.15) is 37.9 Å². The summed E-state index contributed by atoms with van der Waals surface area (Å²) in [6, 6.07) is 16.7. The predicted octanol–water partition coefficient (Wildman–Crippen LogP) is 3.84. The second kappa shape index (κ2) is 10.6. The third-order valence-electron chi connectivity index (χ3n) is 7.09. The third kappa shape index (κ3) is 5.17. The lowest BCUT2D eigenvalue weighted by Crippen LogP contribution is -2.44. The Hall–Kier alpha value is -4.01. The van der Waals surface area contributed by atoms with Crippen molar-refractivity contribution >= 4 is 27.4 Å². The molecule has 1 aromatic heterocycles. The number of ether oxygens (including phenoxy) is 1. The molecule has 2 heterocycles. The molecule has 2 aromatic carbocycles. The molecule has 11 heteroatoms. The maximum atomic E-state index is 13.9. The Morgan fingerprint density at radius 2 is 1.87 bits per heavy atom. The lowest BCUT2D eigenvalue weighted by molar-refractivity contribution is 0.0985. The van der Waals surface area contributed by atoms with E-state index in [4.69, 9.17) is 20.0 Å². The van der Waals surface area contributed by atoms with E-state index in [0.29, 0.717) is 73.3 Å². The van der Waals surface area contributed by atoms with Crippen molar-refractivity contribution in [1.29, 1.82) is 5.26 Å². The molecule has 2 amide bonds. The SMILES string of the molecule is CCNC(=O)Nc1ccc(-c2nc(N3CCOC[C@@H]3C)cc(C3(S(=O)(=O)c4ccc(C#N)cc4)CC3)n2)cc1. The van der Waals surface area contributed by atoms with Crippen molar-refractivity contribution in [2.75, 3.05) is 36.5 Å². The molecule has 0 unspecified atom stereocenters. The van der Waals surface area contributed by atoms with Crippen LogP contribution in [0.3, 0.4) is 0 Å². The molecule has 1 aliphatic heterocycles. The molecule has 0 bridgehead atoms. The molecule has 1 aliphatic carbocycles. The van der Waals surface area contributed by atoms with Crippen LogP contribution in [0.4, 0.5) is 16.3 Å². The topological polar surface area (TPSA) is 137 Å². The van der Waals surface area contributed by atoms with Gasteiger partial charge in [-0.25, -0.2) is 23.2 Å². The molecule has 2 fully saturated rings. The summed E-state index contributed by atoms with van der Waals surface area (Å²) in [7, 11) is -3.79. The van der Waals surface area contributed by atoms with E-state index in [1.54, 1.807) is 18.2 Å². The number of carbonyl (C=O) groups is 1. The summed E-state index contributed by atoms with van der Waals surface area (Å²) in [5.41, 5.74) is 2.17. The summed E-state index contributed by atoms with van der Waals surface area (Å²) in [6.45, 7) is 6.12. The Bertz CT molecular complexity index is 1510. The van der Waals surface area contributed by atoms with Crippen LogP contribution in [0.15, 0.2) is 59.5 Å². The van der Waals surface area contributed by atoms with Crippen molar-refractivity contribution in [3.05, 3.63) is 65.9 Å². The van der Waals surface area contributed by atoms with E-state index in [-0.39, 0.29) is 17.0 Å². The van der Waals surface area contributed by atoms with Crippen LogP contribution in [-0.4, -0.2) is 56.8 Å². The van der Waals surface area contributed by atoms with Gasteiger partial charge in [-0.2, -0.15) is 5.26 Å². The number of anilines is 2. The summed E-state index contributed by atoms with van der Waals surface area (Å²) < 4.78 is 32.2. The molecule has 10 nitrogen and oxygen atoms in total. The highest BCUT2D eigenvalue weighted by atomic mass is 32.2. The average Bonchev–Trinajstić information content (AvgIpc) is 3.77. The number of rotatable bonds is 7. The number of nitriles is 1. The highest BCUT2D eigenvalue weighted by Gasteiger charge is 2.58. The molecular formula is C28H30N6O4S. The van der Waals surface area contributed by atoms with E-state index >= 15 is 0 Å². The number of nitrogens with zero attached hydrogens (tertiary/aromatic N) is 4. The van der Waals surface area contributed by atoms with Crippen molar-refractivity contribution < 1.29 is 17.9 Å². The van der Waals surface area contributed by atoms with Gasteiger partial charge in [0.1, 0.15) is 10.6 Å². The highest BCUT2D eigenvalue weighted by Crippen LogP contribution is 2.55. The van der Waals surface area contributed by atoms with Gasteiger partial charge in [0.05, 0.1) is 41.5 Å². The number of hydrogen-bond donors (Lipinski definition) is 2. The third-order valence-corrected chi connectivity index (χ3v) is 9.63. The molecule has 2 N–H and O–H groups in total. The molecule has 1 atom stereocenters. The molecule has 3 aromatic rings. The monoisotopic (exact) mass is 546 g/mol. The molecule has 2 aliphatic rings. The molecule has 1 saturated heterocycles. The van der Waals surface area contributed by atoms with Gasteiger partial charge in [-0.05, 0) is 75.2 Å². The first-order valence-corrected chi connectivity index (χ1v) is 14.4. The molecule has 5 rings (SSSR count). The Kier molecular flexibility index (Phi) is 7.25. The zero-order valence-corrected chi connectivity index (χ0v) is 22.7. The number of hydrogen-bond acceptors (Lipinski definition) is 8. The Balaban J connectivity index is 1.56. The summed E-state index contributed by atoms with van der Waals surface area (Å²) >= 11 is 0. The zero-order valence-electron chi connectivity index (χ0n) is 21.8. The predicted molar refractivity (Wildman–Crippen MR) is 147 cm³/mol. The summed E-state index contributed by atoms with van der Waals surface area (Å²) in [5, 5.41) is 14.6. The fourth-order valence-corrected chi connectivity index (χ4v) is 6.73. The molecule has 39 heavy (non-hydrogen) atoms. The number of amides is 2. The molecular weight excluding hydrogens is 516 g/mol. The van der Waals surface area contributed by atoms with Crippen molar-refractivity contribution in [2.45, 2.75) is 42.4 Å². The van der Waals surface area contributed by atoms with Crippen LogP contribution in [-0.2, 0) is 19.3 Å². The molecule has 0 radical (unpaired) electrons. The van der Waals surface area contributed by atoms with Gasteiger partial charge in [0.15, 0.2) is 15.7 Å². The van der Waals surface area contributed by atoms with Gasteiger partial charge in [-0.15, -0.1) is 0 Å². The van der Waals surface area contributed by atoms with E-state index in [9.17, 15) is 13.2 Å². The van der Waals surface area contributed by atoms with Crippen LogP contribution >= 0.6 is 0 Å². The zero-order chi connectivity index (χ0) is 27.6. The fourth-order valence-electron chi connectivity index (χ4n) is 4.76. The largest absolute Gasteiger partial charge is 0.377 e. The molecule has 1 saturated carbocycles. The first kappa shape index (κ1) is 26.6. The lowest BCUT2D eigenvalue weighted by Gasteiger charge is -2.34. The first-order valence-electron chi connectivity index (χ1n) is 12.9. The second-order valence-corrected chi connectivity index (χ2v) is 12.0. The average molecular weight is 547 g/mol. The summed E-state index contributed by atoms with van der Waals surface area (Å²) in [5.74, 6) is 1.06. The number of morpholine rings is 1. The van der Waals surface area contributed by atoms with Gasteiger partial charge in [0, 0.05) is 30.4 Å². The van der Waals surface area contributed by atoms with E-state index in [0.717, 1.165) is 0 Å². The van der Waals surface area contributed by atoms with Crippen LogP contribution < -0.4 is 15.5 Å². The van der Waals surface area contributed by atoms with Crippen LogP contribution in [0.5, 0.6) is 0 Å². The van der Waals surface area contributed by atoms with Gasteiger partial charge in [-0.3, -0.25) is 0 Å². The summed E-state index contributed by atoms with van der Waals surface area (Å²) in [4.78, 5) is 23.8. The van der Waals surface area contributed by atoms with Crippen molar-refractivity contribution in [2.24, 2.45) is 0 Å². The Morgan fingerprint density at radius 3 is 2.49 bits per heavy atom. The number of aromatic nitrogens is 2. The lowest BCUT2D eigenvalue weighted by atomic mass is 10.1. The smallest absolute Gasteiger partial charge is 0.319 e. The number of nitrogens with one attached hydrogen (secondary N) is 2. The van der Waals surface area contributed by atoms with Crippen LogP contribution in [0, 0.1) is 11.3 Å². The van der Waals surface area contributed by atoms with E-state index in [2.05, 4.69) is 15.5 Å². The van der Waals surface area contributed by atoms with Gasteiger partial charge < -0.3 is 20.3 Å². The quantitative estimate of drug-likeness (QED) is 0.456. The van der Waals surface area contributed by atoms with Crippen LogP contribution in [0.25, 0.3) is 11.4 Å². The van der Waals surface area contributed by atoms with Crippen molar-refractivity contribution in [3.63, 3.8) is 0 Å². The number of benzene rings is 2. The van der Waals surface area contributed by atoms with E-state index < -0.39 is 14.6 Å². The molecule has 0 spiro atoms. The Morgan fingerprint density at radius 1 is 1.15 bits per heavy atom. The number of carbonyl (C=O) groups excluding carboxylic acids is 1. The number of sulfone groups is 1. The normalized spacial score (nSPS) is 18.2. The van der Waals surface area contributed by atoms with Gasteiger partial charge in [0.25, 0.3) is 0 Å². The summed E-state index contributed by atoms with van der Waals surface area (Å²) in [6.07, 6.45) is 0.887. The van der Waals surface area contributed by atoms with Gasteiger partial charge in [-0.1, -0.05) is 0 Å². The fraction of sp³-hybridized carbons (Fsp3) is 0.357. The van der Waals surface area contributed by atoms with Gasteiger partial charge in [0.2, 0.25) is 0 Å². The maximum Gasteiger partial charge on any atom is 0.319 e. The van der Waals surface area contributed by atoms with E-state index in [1.165, 1.54) is 24.3 Å². The Labute approximate surface area is 228 Å². The standard InChI is InChI=1S/C28H30N6O4S/c1-3-30-27(35)31-22-8-6-21(7-9-22)26-32-24(16-25(33-26)34-14-15-38-18-19(34)2)28(12-13-28)39(36,37)23-10-4-20(17-29)5-11-23/h4-11,16,19H,3,12-15,18H2,1-2H3,(H2,30,31,35)/t19-/m0/s1. The van der Waals surface area contributed by atoms with Crippen molar-refractivity contribution in [3.8, 4) is 17.5 Å². The number of urea groups is 1. The minimum atomic E-state index is -3.79. The highest BCUT2D eigenvalue weighted by molar-refractivity contribution is 7.92. The minimum Gasteiger partial charge on any atom is -0.377 e. The molecule has 202 valence electrons. The first-order chi connectivity index (χ1) is 18.8. The van der Waals surface area contributed by atoms with Crippen molar-refractivity contribution in [1.82, 2.24) is 15.3 Å².